The molecule has 0 unspecified atom stereocenters. The van der Waals surface area contributed by atoms with Gasteiger partial charge in [0.25, 0.3) is 0 Å². The molecular formula is C19H16BrFN2O4S2. The molecule has 29 heavy (non-hydrogen) atoms. The van der Waals surface area contributed by atoms with Crippen molar-refractivity contribution in [3.63, 3.8) is 0 Å². The van der Waals surface area contributed by atoms with E-state index < -0.39 is 21.6 Å². The number of carbonyl (C=O) groups is 1. The van der Waals surface area contributed by atoms with E-state index >= 15 is 0 Å². The van der Waals surface area contributed by atoms with Crippen LogP contribution in [0.4, 0.5) is 9.52 Å². The van der Waals surface area contributed by atoms with E-state index in [4.69, 9.17) is 4.74 Å². The maximum absolute atomic E-state index is 12.9. The molecule has 1 N–H and O–H groups in total. The number of halogens is 2. The predicted molar refractivity (Wildman–Crippen MR) is 114 cm³/mol. The van der Waals surface area contributed by atoms with E-state index in [-0.39, 0.29) is 17.1 Å². The van der Waals surface area contributed by atoms with Crippen molar-refractivity contribution in [3.05, 3.63) is 58.1 Å². The molecule has 6 nitrogen and oxygen atoms in total. The zero-order valence-corrected chi connectivity index (χ0v) is 18.4. The van der Waals surface area contributed by atoms with E-state index in [2.05, 4.69) is 26.2 Å². The number of hydrogen-bond acceptors (Lipinski definition) is 6. The Bertz CT molecular complexity index is 1130. The first-order valence-corrected chi connectivity index (χ1v) is 11.7. The topological polar surface area (TPSA) is 85.4 Å². The van der Waals surface area contributed by atoms with Gasteiger partial charge in [0.15, 0.2) is 15.0 Å². The van der Waals surface area contributed by atoms with E-state index in [0.29, 0.717) is 16.6 Å². The summed E-state index contributed by atoms with van der Waals surface area (Å²) in [6, 6.07) is 10.0. The van der Waals surface area contributed by atoms with Crippen molar-refractivity contribution in [1.82, 2.24) is 4.98 Å². The van der Waals surface area contributed by atoms with Crippen molar-refractivity contribution < 1.29 is 22.3 Å². The van der Waals surface area contributed by atoms with Crippen LogP contribution in [0.15, 0.2) is 57.2 Å². The third kappa shape index (κ3) is 5.40. The first kappa shape index (κ1) is 21.4. The molecule has 0 saturated carbocycles. The van der Waals surface area contributed by atoms with Crippen LogP contribution in [0.25, 0.3) is 11.3 Å². The monoisotopic (exact) mass is 498 g/mol. The second-order valence-corrected chi connectivity index (χ2v) is 9.78. The molecule has 1 amide bonds. The van der Waals surface area contributed by atoms with Crippen molar-refractivity contribution in [2.45, 2.75) is 11.3 Å². The quantitative estimate of drug-likeness (QED) is 0.483. The SMILES string of the molecule is COc1ccc(-c2csc(NC(=O)CCS(=O)(=O)c3ccc(F)cc3)n2)cc1Br. The average Bonchev–Trinajstić information content (AvgIpc) is 3.15. The van der Waals surface area contributed by atoms with Crippen LogP contribution in [0.1, 0.15) is 6.42 Å². The Morgan fingerprint density at radius 2 is 1.97 bits per heavy atom. The van der Waals surface area contributed by atoms with E-state index in [1.165, 1.54) is 23.5 Å². The second kappa shape index (κ2) is 9.02. The predicted octanol–water partition coefficient (Wildman–Crippen LogP) is 4.52. The van der Waals surface area contributed by atoms with Gasteiger partial charge in [-0.25, -0.2) is 17.8 Å². The number of rotatable bonds is 7. The molecule has 0 saturated heterocycles. The number of benzene rings is 2. The van der Waals surface area contributed by atoms with E-state index in [1.54, 1.807) is 18.6 Å². The van der Waals surface area contributed by atoms with Crippen LogP contribution >= 0.6 is 27.3 Å². The third-order valence-corrected chi connectivity index (χ3v) is 7.08. The van der Waals surface area contributed by atoms with Gasteiger partial charge in [-0.05, 0) is 58.4 Å². The Kier molecular flexibility index (Phi) is 6.66. The lowest BCUT2D eigenvalue weighted by molar-refractivity contribution is -0.115. The first-order chi connectivity index (χ1) is 13.8. The lowest BCUT2D eigenvalue weighted by Crippen LogP contribution is -2.17. The van der Waals surface area contributed by atoms with Gasteiger partial charge in [0.2, 0.25) is 5.91 Å². The summed E-state index contributed by atoms with van der Waals surface area (Å²) < 4.78 is 43.4. The van der Waals surface area contributed by atoms with Crippen LogP contribution in [-0.2, 0) is 14.6 Å². The van der Waals surface area contributed by atoms with Gasteiger partial charge in [0.1, 0.15) is 11.6 Å². The van der Waals surface area contributed by atoms with Crippen molar-refractivity contribution in [2.24, 2.45) is 0 Å². The molecule has 10 heteroatoms. The van der Waals surface area contributed by atoms with Gasteiger partial charge in [0.05, 0.1) is 27.9 Å². The van der Waals surface area contributed by atoms with Gasteiger partial charge in [-0.15, -0.1) is 11.3 Å². The molecule has 1 heterocycles. The van der Waals surface area contributed by atoms with Crippen LogP contribution in [0.2, 0.25) is 0 Å². The van der Waals surface area contributed by atoms with Gasteiger partial charge in [-0.2, -0.15) is 0 Å². The number of sulfone groups is 1. The number of methoxy groups -OCH3 is 1. The Morgan fingerprint density at radius 1 is 1.24 bits per heavy atom. The molecule has 0 aliphatic carbocycles. The molecule has 0 radical (unpaired) electrons. The molecule has 0 fully saturated rings. The first-order valence-electron chi connectivity index (χ1n) is 8.36. The molecule has 152 valence electrons. The molecule has 0 aliphatic rings. The maximum atomic E-state index is 12.9. The number of ether oxygens (including phenoxy) is 1. The average molecular weight is 499 g/mol. The van der Waals surface area contributed by atoms with Crippen molar-refractivity contribution >= 4 is 48.1 Å². The van der Waals surface area contributed by atoms with Gasteiger partial charge in [-0.1, -0.05) is 0 Å². The minimum Gasteiger partial charge on any atom is -0.496 e. The molecule has 0 aliphatic heterocycles. The molecule has 3 rings (SSSR count). The summed E-state index contributed by atoms with van der Waals surface area (Å²) in [4.78, 5) is 16.5. The standard InChI is InChI=1S/C19H16BrFN2O4S2/c1-27-17-7-2-12(10-15(17)20)16-11-28-19(22-16)23-18(24)8-9-29(25,26)14-5-3-13(21)4-6-14/h2-7,10-11H,8-9H2,1H3,(H,22,23,24). The Hall–Kier alpha value is -2.30. The highest BCUT2D eigenvalue weighted by Gasteiger charge is 2.17. The van der Waals surface area contributed by atoms with Gasteiger partial charge < -0.3 is 10.1 Å². The number of anilines is 1. The van der Waals surface area contributed by atoms with Gasteiger partial charge >= 0.3 is 0 Å². The molecule has 0 bridgehead atoms. The zero-order chi connectivity index (χ0) is 21.0. The molecule has 3 aromatic rings. The maximum Gasteiger partial charge on any atom is 0.227 e. The van der Waals surface area contributed by atoms with Crippen LogP contribution in [0.3, 0.4) is 0 Å². The van der Waals surface area contributed by atoms with Crippen LogP contribution in [0, 0.1) is 5.82 Å². The summed E-state index contributed by atoms with van der Waals surface area (Å²) in [7, 11) is -2.10. The van der Waals surface area contributed by atoms with Crippen LogP contribution < -0.4 is 10.1 Å². The Morgan fingerprint density at radius 3 is 2.62 bits per heavy atom. The fourth-order valence-electron chi connectivity index (χ4n) is 2.46. The van der Waals surface area contributed by atoms with Gasteiger partial charge in [0, 0.05) is 17.4 Å². The van der Waals surface area contributed by atoms with E-state index in [0.717, 1.165) is 22.2 Å². The second-order valence-electron chi connectivity index (χ2n) is 5.96. The summed E-state index contributed by atoms with van der Waals surface area (Å²) in [6.07, 6.45) is -0.233. The molecular weight excluding hydrogens is 483 g/mol. The van der Waals surface area contributed by atoms with E-state index in [9.17, 15) is 17.6 Å². The molecule has 0 spiro atoms. The number of carbonyl (C=O) groups excluding carboxylic acids is 1. The fourth-order valence-corrected chi connectivity index (χ4v) is 4.98. The summed E-state index contributed by atoms with van der Waals surface area (Å²) in [5, 5.41) is 4.77. The fraction of sp³-hybridized carbons (Fsp3) is 0.158. The summed E-state index contributed by atoms with van der Waals surface area (Å²) in [5.41, 5.74) is 1.51. The number of nitrogens with zero attached hydrogens (tertiary/aromatic N) is 1. The molecule has 1 aromatic heterocycles. The summed E-state index contributed by atoms with van der Waals surface area (Å²) in [5.74, 6) is -0.675. The number of hydrogen-bond donors (Lipinski definition) is 1. The minimum atomic E-state index is -3.68. The zero-order valence-electron chi connectivity index (χ0n) is 15.2. The highest BCUT2D eigenvalue weighted by Crippen LogP contribution is 2.32. The Labute approximate surface area is 179 Å². The highest BCUT2D eigenvalue weighted by atomic mass is 79.9. The number of thiazole rings is 1. The van der Waals surface area contributed by atoms with Crippen LogP contribution in [0.5, 0.6) is 5.75 Å². The number of amides is 1. The number of nitrogens with one attached hydrogen (secondary N) is 1. The largest absolute Gasteiger partial charge is 0.496 e. The normalized spacial score (nSPS) is 11.3. The summed E-state index contributed by atoms with van der Waals surface area (Å²) in [6.45, 7) is 0. The lowest BCUT2D eigenvalue weighted by Gasteiger charge is -2.05. The smallest absolute Gasteiger partial charge is 0.227 e. The van der Waals surface area contributed by atoms with Gasteiger partial charge in [-0.3, -0.25) is 4.79 Å². The van der Waals surface area contributed by atoms with Crippen molar-refractivity contribution in [1.29, 1.82) is 0 Å². The highest BCUT2D eigenvalue weighted by molar-refractivity contribution is 9.10. The van der Waals surface area contributed by atoms with E-state index in [1.807, 2.05) is 12.1 Å². The van der Waals surface area contributed by atoms with Crippen molar-refractivity contribution in [3.8, 4) is 17.0 Å². The Balaban J connectivity index is 1.61. The summed E-state index contributed by atoms with van der Waals surface area (Å²) >= 11 is 4.66. The third-order valence-electron chi connectivity index (χ3n) is 3.97. The lowest BCUT2D eigenvalue weighted by atomic mass is 10.2. The number of aromatic nitrogens is 1. The molecule has 2 aromatic carbocycles. The minimum absolute atomic E-state index is 0.0201. The van der Waals surface area contributed by atoms with Crippen LogP contribution in [-0.4, -0.2) is 32.2 Å². The molecule has 0 atom stereocenters. The van der Waals surface area contributed by atoms with Crippen molar-refractivity contribution in [2.75, 3.05) is 18.2 Å².